The monoisotopic (exact) mass is 627 g/mol. The zero-order chi connectivity index (χ0) is 32.9. The predicted molar refractivity (Wildman–Crippen MR) is 162 cm³/mol. The number of halogens is 1. The van der Waals surface area contributed by atoms with E-state index in [1.54, 1.807) is 39.0 Å². The number of carbonyl (C=O) groups is 5. The number of benzene rings is 1. The topological polar surface area (TPSA) is 155 Å². The van der Waals surface area contributed by atoms with Crippen molar-refractivity contribution in [1.29, 1.82) is 0 Å². The normalized spacial score (nSPS) is 22.1. The van der Waals surface area contributed by atoms with Gasteiger partial charge in [0.05, 0.1) is 18.3 Å². The summed E-state index contributed by atoms with van der Waals surface area (Å²) >= 11 is 0. The molecule has 12 nitrogen and oxygen atoms in total. The van der Waals surface area contributed by atoms with Crippen LogP contribution in [0.5, 0.6) is 0 Å². The van der Waals surface area contributed by atoms with E-state index in [2.05, 4.69) is 28.0 Å². The lowest BCUT2D eigenvalue weighted by atomic mass is 9.85. The number of ketones is 1. The second-order valence-corrected chi connectivity index (χ2v) is 12.8. The van der Waals surface area contributed by atoms with E-state index >= 15 is 0 Å². The Hall–Kier alpha value is -4.26. The number of alkyl carbamates (subject to hydrolysis) is 1. The third-order valence-corrected chi connectivity index (χ3v) is 7.92. The lowest BCUT2D eigenvalue weighted by Gasteiger charge is -2.35. The Morgan fingerprint density at radius 2 is 1.87 bits per heavy atom. The highest BCUT2D eigenvalue weighted by Crippen LogP contribution is 2.39. The third-order valence-electron chi connectivity index (χ3n) is 7.92. The molecular formula is C32H42FN5O7. The predicted octanol–water partition coefficient (Wildman–Crippen LogP) is 2.50. The molecule has 13 heteroatoms. The minimum absolute atomic E-state index is 0.00134. The summed E-state index contributed by atoms with van der Waals surface area (Å²) in [4.78, 5) is 73.6. The van der Waals surface area contributed by atoms with Crippen LogP contribution in [-0.2, 0) is 28.8 Å². The van der Waals surface area contributed by atoms with Gasteiger partial charge in [-0.3, -0.25) is 29.5 Å². The lowest BCUT2D eigenvalue weighted by Crippen LogP contribution is -2.59. The van der Waals surface area contributed by atoms with Crippen molar-refractivity contribution in [3.05, 3.63) is 54.4 Å². The van der Waals surface area contributed by atoms with E-state index in [0.29, 0.717) is 17.7 Å². The molecule has 4 rings (SSSR count). The second kappa shape index (κ2) is 13.8. The Bertz CT molecular complexity index is 1350. The molecule has 244 valence electrons. The van der Waals surface area contributed by atoms with Gasteiger partial charge in [0.2, 0.25) is 17.6 Å². The van der Waals surface area contributed by atoms with Gasteiger partial charge in [-0.25, -0.2) is 9.18 Å². The van der Waals surface area contributed by atoms with Crippen LogP contribution in [0.25, 0.3) is 5.70 Å². The number of carbonyl (C=O) groups excluding carboxylic acids is 5. The lowest BCUT2D eigenvalue weighted by molar-refractivity contribution is -0.144. The second-order valence-electron chi connectivity index (χ2n) is 12.8. The molecule has 1 aromatic carbocycles. The first-order valence-electron chi connectivity index (χ1n) is 15.2. The number of Topliss-reactive ketones (excluding diaryl/α,β-unsaturated/α-hetero) is 1. The molecule has 1 aliphatic carbocycles. The average Bonchev–Trinajstić information content (AvgIpc) is 3.59. The largest absolute Gasteiger partial charge is 0.445 e. The van der Waals surface area contributed by atoms with Crippen LogP contribution in [0.3, 0.4) is 0 Å². The Kier molecular flexibility index (Phi) is 10.3. The third kappa shape index (κ3) is 8.27. The zero-order valence-electron chi connectivity index (χ0n) is 26.1. The van der Waals surface area contributed by atoms with Gasteiger partial charge >= 0.3 is 6.09 Å². The van der Waals surface area contributed by atoms with Gasteiger partial charge in [0.1, 0.15) is 30.1 Å². The fourth-order valence-corrected chi connectivity index (χ4v) is 5.37. The minimum atomic E-state index is -1.17. The molecule has 0 aromatic heterocycles. The molecule has 4 N–H and O–H groups in total. The Morgan fingerprint density at radius 1 is 1.18 bits per heavy atom. The summed E-state index contributed by atoms with van der Waals surface area (Å²) in [7, 11) is 0. The van der Waals surface area contributed by atoms with E-state index in [4.69, 9.17) is 9.57 Å². The number of ether oxygens (including phenoxy) is 1. The van der Waals surface area contributed by atoms with E-state index in [9.17, 15) is 28.4 Å². The highest BCUT2D eigenvalue weighted by molar-refractivity contribution is 6.38. The van der Waals surface area contributed by atoms with Crippen LogP contribution in [0.1, 0.15) is 65.4 Å². The number of nitrogens with one attached hydrogen (secondary N) is 4. The molecule has 2 aliphatic heterocycles. The molecule has 1 saturated carbocycles. The van der Waals surface area contributed by atoms with Crippen molar-refractivity contribution in [2.75, 3.05) is 13.2 Å². The molecule has 4 atom stereocenters. The number of likely N-dealkylation sites (tertiary alicyclic amines) is 1. The maximum Gasteiger partial charge on any atom is 0.408 e. The SMILES string of the molecule is C=CCOC(=O)N[C@H](C(=O)N1C[C@@]2(C=C(c3ccc(F)cc3)NO2)C[C@H]1C(=O)N[C@@H](CCC)C(=O)C(=O)NC1CC1)C(C)(C)C. The molecule has 0 radical (unpaired) electrons. The van der Waals surface area contributed by atoms with Gasteiger partial charge in [0, 0.05) is 12.5 Å². The van der Waals surface area contributed by atoms with Crippen LogP contribution in [0.2, 0.25) is 0 Å². The van der Waals surface area contributed by atoms with Crippen molar-refractivity contribution in [3.63, 3.8) is 0 Å². The first kappa shape index (κ1) is 33.6. The van der Waals surface area contributed by atoms with E-state index < -0.39 is 64.6 Å². The van der Waals surface area contributed by atoms with Gasteiger partial charge in [0.15, 0.2) is 0 Å². The maximum atomic E-state index is 14.2. The van der Waals surface area contributed by atoms with Gasteiger partial charge in [-0.15, -0.1) is 0 Å². The Balaban J connectivity index is 1.63. The first-order valence-corrected chi connectivity index (χ1v) is 15.2. The summed E-state index contributed by atoms with van der Waals surface area (Å²) in [6, 6.07) is 2.40. The molecule has 45 heavy (non-hydrogen) atoms. The fourth-order valence-electron chi connectivity index (χ4n) is 5.37. The molecule has 3 aliphatic rings. The van der Waals surface area contributed by atoms with Gasteiger partial charge in [-0.05, 0) is 60.6 Å². The molecule has 2 heterocycles. The molecule has 4 amide bonds. The first-order chi connectivity index (χ1) is 21.3. The number of hydroxylamine groups is 1. The number of amides is 4. The molecular weight excluding hydrogens is 585 g/mol. The standard InChI is InChI=1S/C32H42FN5O7/c1-6-8-22(25(39)28(41)34-21-13-14-21)35-27(40)24-17-32(16-23(37-45-32)19-9-11-20(33)12-10-19)18-38(24)29(42)26(31(3,4)5)36-30(43)44-15-7-2/h7,9-12,16,21-22,24,26,37H,2,6,8,13-15,17-18H2,1,3-5H3,(H,34,41)(H,35,40)(H,36,43)/t22-,24-,26+,32+/m0/s1. The Morgan fingerprint density at radius 3 is 2.47 bits per heavy atom. The summed E-state index contributed by atoms with van der Waals surface area (Å²) < 4.78 is 18.6. The van der Waals surface area contributed by atoms with Gasteiger partial charge in [-0.2, -0.15) is 0 Å². The molecule has 1 spiro atoms. The highest BCUT2D eigenvalue weighted by atomic mass is 19.1. The number of rotatable bonds is 12. The van der Waals surface area contributed by atoms with E-state index in [0.717, 1.165) is 12.8 Å². The summed E-state index contributed by atoms with van der Waals surface area (Å²) in [5, 5.41) is 8.00. The van der Waals surface area contributed by atoms with Gasteiger partial charge in [-0.1, -0.05) is 46.8 Å². The average molecular weight is 628 g/mol. The maximum absolute atomic E-state index is 14.2. The summed E-state index contributed by atoms with van der Waals surface area (Å²) in [6.07, 6.45) is 4.66. The van der Waals surface area contributed by atoms with Crippen molar-refractivity contribution in [3.8, 4) is 0 Å². The number of nitrogens with zero attached hydrogens (tertiary/aromatic N) is 1. The Labute approximate surface area is 262 Å². The minimum Gasteiger partial charge on any atom is -0.445 e. The number of hydrogen-bond donors (Lipinski definition) is 4. The summed E-state index contributed by atoms with van der Waals surface area (Å²) in [6.45, 7) is 10.5. The molecule has 1 saturated heterocycles. The highest BCUT2D eigenvalue weighted by Gasteiger charge is 2.54. The van der Waals surface area contributed by atoms with E-state index in [1.165, 1.54) is 23.1 Å². The summed E-state index contributed by atoms with van der Waals surface area (Å²) in [5.74, 6) is -3.11. The van der Waals surface area contributed by atoms with Crippen molar-refractivity contribution in [1.82, 2.24) is 26.3 Å². The van der Waals surface area contributed by atoms with E-state index in [1.807, 2.05) is 6.92 Å². The van der Waals surface area contributed by atoms with Crippen LogP contribution >= 0.6 is 0 Å². The smallest absolute Gasteiger partial charge is 0.408 e. The van der Waals surface area contributed by atoms with Crippen molar-refractivity contribution < 1.29 is 37.9 Å². The van der Waals surface area contributed by atoms with Crippen molar-refractivity contribution in [2.24, 2.45) is 5.41 Å². The number of hydrogen-bond acceptors (Lipinski definition) is 8. The van der Waals surface area contributed by atoms with Crippen molar-refractivity contribution in [2.45, 2.75) is 89.6 Å². The van der Waals surface area contributed by atoms with Crippen LogP contribution in [0.4, 0.5) is 9.18 Å². The van der Waals surface area contributed by atoms with E-state index in [-0.39, 0.29) is 32.0 Å². The molecule has 2 fully saturated rings. The van der Waals surface area contributed by atoms with Crippen LogP contribution < -0.4 is 21.4 Å². The van der Waals surface area contributed by atoms with Gasteiger partial charge < -0.3 is 25.6 Å². The summed E-state index contributed by atoms with van der Waals surface area (Å²) in [5.41, 5.74) is 2.03. The molecule has 0 bridgehead atoms. The fraction of sp³-hybridized carbons (Fsp3) is 0.531. The zero-order valence-corrected chi connectivity index (χ0v) is 26.1. The van der Waals surface area contributed by atoms with Crippen LogP contribution in [0, 0.1) is 11.2 Å². The van der Waals surface area contributed by atoms with Gasteiger partial charge in [0.25, 0.3) is 5.91 Å². The molecule has 1 aromatic rings. The van der Waals surface area contributed by atoms with Crippen LogP contribution in [-0.4, -0.2) is 77.4 Å². The van der Waals surface area contributed by atoms with Crippen LogP contribution in [0.15, 0.2) is 43.0 Å². The van der Waals surface area contributed by atoms with Crippen molar-refractivity contribution >= 4 is 35.3 Å². The molecule has 0 unspecified atom stereocenters. The quantitative estimate of drug-likeness (QED) is 0.204.